The second kappa shape index (κ2) is 32.9. The second-order valence-electron chi connectivity index (χ2n) is 11.3. The quantitative estimate of drug-likeness (QED) is 0.0550. The fourth-order valence-corrected chi connectivity index (χ4v) is 4.66. The van der Waals surface area contributed by atoms with Crippen LogP contribution in [-0.2, 0) is 9.47 Å². The number of carbonyl (C=O) groups is 1. The number of carbonyl (C=O) groups excluding carboxylic acids is 1. The summed E-state index contributed by atoms with van der Waals surface area (Å²) >= 11 is 0. The number of rotatable bonds is 28. The van der Waals surface area contributed by atoms with Crippen LogP contribution in [0.5, 0.6) is 0 Å². The van der Waals surface area contributed by atoms with Gasteiger partial charge in [0.2, 0.25) is 0 Å². The molecule has 0 aromatic carbocycles. The highest BCUT2D eigenvalue weighted by atomic mass is 16.7. The molecule has 0 aliphatic rings. The standard InChI is InChI=1S/C34H65NO3.CH4/c1-5-7-9-11-13-15-16-17-18-19-20-21-23-25-27-30-33(29-26-24-22-14-12-10-8-6-2)38-34(36)37-32-28-31-35(3)4;/h13,15,17-18,33H,5-12,14,16,19-32H2,1-4H3;1H4/b15-13-,18-17-;. The van der Waals surface area contributed by atoms with Crippen molar-refractivity contribution in [1.29, 1.82) is 0 Å². The minimum absolute atomic E-state index is 0. The highest BCUT2D eigenvalue weighted by Gasteiger charge is 2.15. The molecular formula is C35H69NO3. The third kappa shape index (κ3) is 32.8. The smallest absolute Gasteiger partial charge is 0.434 e. The van der Waals surface area contributed by atoms with Gasteiger partial charge in [0.25, 0.3) is 0 Å². The van der Waals surface area contributed by atoms with E-state index in [9.17, 15) is 4.79 Å². The Morgan fingerprint density at radius 3 is 1.64 bits per heavy atom. The van der Waals surface area contributed by atoms with Crippen molar-refractivity contribution in [1.82, 2.24) is 4.90 Å². The monoisotopic (exact) mass is 552 g/mol. The van der Waals surface area contributed by atoms with Gasteiger partial charge in [-0.25, -0.2) is 4.79 Å². The molecule has 0 aromatic rings. The van der Waals surface area contributed by atoms with Gasteiger partial charge < -0.3 is 14.4 Å². The summed E-state index contributed by atoms with van der Waals surface area (Å²) in [6.07, 6.45) is 35.7. The van der Waals surface area contributed by atoms with E-state index in [1.165, 1.54) is 103 Å². The molecule has 0 saturated heterocycles. The van der Waals surface area contributed by atoms with Crippen LogP contribution >= 0.6 is 0 Å². The highest BCUT2D eigenvalue weighted by Crippen LogP contribution is 2.18. The van der Waals surface area contributed by atoms with Crippen LogP contribution in [-0.4, -0.2) is 44.4 Å². The molecular weight excluding hydrogens is 482 g/mol. The largest absolute Gasteiger partial charge is 0.508 e. The van der Waals surface area contributed by atoms with Crippen LogP contribution in [0.1, 0.15) is 163 Å². The number of ether oxygens (including phenoxy) is 2. The summed E-state index contributed by atoms with van der Waals surface area (Å²) in [5.41, 5.74) is 0. The molecule has 0 rings (SSSR count). The normalized spacial score (nSPS) is 12.3. The third-order valence-corrected chi connectivity index (χ3v) is 7.09. The first-order valence-electron chi connectivity index (χ1n) is 16.4. The maximum absolute atomic E-state index is 12.2. The molecule has 232 valence electrons. The molecule has 0 aromatic heterocycles. The van der Waals surface area contributed by atoms with Gasteiger partial charge in [-0.15, -0.1) is 0 Å². The molecule has 0 radical (unpaired) electrons. The SMILES string of the molecule is C.CCCCC/C=C\C/C=C\CCCCCCCC(CCCCCCCCCC)OC(=O)OCCCN(C)C. The summed E-state index contributed by atoms with van der Waals surface area (Å²) in [5, 5.41) is 0. The first-order valence-corrected chi connectivity index (χ1v) is 16.4. The lowest BCUT2D eigenvalue weighted by Gasteiger charge is -2.18. The van der Waals surface area contributed by atoms with Gasteiger partial charge in [-0.3, -0.25) is 0 Å². The average molecular weight is 552 g/mol. The Kier molecular flexibility index (Phi) is 33.6. The maximum atomic E-state index is 12.2. The van der Waals surface area contributed by atoms with E-state index in [4.69, 9.17) is 9.47 Å². The van der Waals surface area contributed by atoms with Gasteiger partial charge >= 0.3 is 6.16 Å². The van der Waals surface area contributed by atoms with E-state index in [2.05, 4.69) is 43.1 Å². The summed E-state index contributed by atoms with van der Waals surface area (Å²) in [5.74, 6) is 0. The van der Waals surface area contributed by atoms with Gasteiger partial charge in [-0.05, 0) is 78.3 Å². The average Bonchev–Trinajstić information content (AvgIpc) is 2.90. The van der Waals surface area contributed by atoms with Crippen molar-refractivity contribution >= 4 is 6.16 Å². The lowest BCUT2D eigenvalue weighted by atomic mass is 10.0. The summed E-state index contributed by atoms with van der Waals surface area (Å²) in [6, 6.07) is 0. The molecule has 0 spiro atoms. The Morgan fingerprint density at radius 2 is 1.10 bits per heavy atom. The van der Waals surface area contributed by atoms with E-state index in [1.54, 1.807) is 0 Å². The van der Waals surface area contributed by atoms with Gasteiger partial charge in [0.05, 0.1) is 6.61 Å². The molecule has 0 N–H and O–H groups in total. The lowest BCUT2D eigenvalue weighted by molar-refractivity contribution is 0.0150. The van der Waals surface area contributed by atoms with Crippen molar-refractivity contribution in [3.63, 3.8) is 0 Å². The van der Waals surface area contributed by atoms with Crippen LogP contribution in [0, 0.1) is 0 Å². The van der Waals surface area contributed by atoms with Crippen LogP contribution in [0.15, 0.2) is 24.3 Å². The minimum Gasteiger partial charge on any atom is -0.434 e. The van der Waals surface area contributed by atoms with E-state index in [0.717, 1.165) is 45.1 Å². The molecule has 4 nitrogen and oxygen atoms in total. The Hall–Kier alpha value is -1.29. The van der Waals surface area contributed by atoms with Crippen molar-refractivity contribution in [2.24, 2.45) is 0 Å². The van der Waals surface area contributed by atoms with E-state index in [1.807, 2.05) is 14.1 Å². The molecule has 0 heterocycles. The number of unbranched alkanes of at least 4 members (excludes halogenated alkanes) is 15. The van der Waals surface area contributed by atoms with Crippen molar-refractivity contribution in [3.05, 3.63) is 24.3 Å². The Morgan fingerprint density at radius 1 is 0.641 bits per heavy atom. The van der Waals surface area contributed by atoms with Crippen LogP contribution in [0.4, 0.5) is 4.79 Å². The Balaban J connectivity index is 0. The van der Waals surface area contributed by atoms with E-state index in [-0.39, 0.29) is 13.5 Å². The van der Waals surface area contributed by atoms with Crippen LogP contribution < -0.4 is 0 Å². The first kappa shape index (κ1) is 39.9. The maximum Gasteiger partial charge on any atom is 0.508 e. The summed E-state index contributed by atoms with van der Waals surface area (Å²) in [4.78, 5) is 14.3. The van der Waals surface area contributed by atoms with Gasteiger partial charge in [0, 0.05) is 6.54 Å². The first-order chi connectivity index (χ1) is 18.6. The van der Waals surface area contributed by atoms with Crippen molar-refractivity contribution < 1.29 is 14.3 Å². The topological polar surface area (TPSA) is 38.8 Å². The number of allylic oxidation sites excluding steroid dienone is 4. The lowest BCUT2D eigenvalue weighted by Crippen LogP contribution is -2.21. The zero-order valence-corrected chi connectivity index (χ0v) is 26.0. The summed E-state index contributed by atoms with van der Waals surface area (Å²) < 4.78 is 11.1. The van der Waals surface area contributed by atoms with Crippen molar-refractivity contribution in [2.45, 2.75) is 169 Å². The van der Waals surface area contributed by atoms with E-state index < -0.39 is 6.16 Å². The number of hydrogen-bond donors (Lipinski definition) is 0. The van der Waals surface area contributed by atoms with Crippen LogP contribution in [0.25, 0.3) is 0 Å². The molecule has 4 heteroatoms. The third-order valence-electron chi connectivity index (χ3n) is 7.09. The second-order valence-corrected chi connectivity index (χ2v) is 11.3. The van der Waals surface area contributed by atoms with Gasteiger partial charge in [0.1, 0.15) is 6.10 Å². The van der Waals surface area contributed by atoms with Crippen LogP contribution in [0.2, 0.25) is 0 Å². The van der Waals surface area contributed by atoms with Gasteiger partial charge in [-0.2, -0.15) is 0 Å². The Labute approximate surface area is 245 Å². The minimum atomic E-state index is -0.476. The molecule has 0 bridgehead atoms. The highest BCUT2D eigenvalue weighted by molar-refractivity contribution is 5.60. The van der Waals surface area contributed by atoms with Crippen molar-refractivity contribution in [2.75, 3.05) is 27.2 Å². The van der Waals surface area contributed by atoms with Gasteiger partial charge in [-0.1, -0.05) is 123 Å². The van der Waals surface area contributed by atoms with E-state index in [0.29, 0.717) is 6.61 Å². The van der Waals surface area contributed by atoms with Gasteiger partial charge in [0.15, 0.2) is 0 Å². The predicted octanol–water partition coefficient (Wildman–Crippen LogP) is 11.4. The summed E-state index contributed by atoms with van der Waals surface area (Å²) in [7, 11) is 4.06. The molecule has 0 fully saturated rings. The molecule has 0 aliphatic heterocycles. The molecule has 1 unspecified atom stereocenters. The molecule has 1 atom stereocenters. The predicted molar refractivity (Wildman–Crippen MR) is 173 cm³/mol. The molecule has 39 heavy (non-hydrogen) atoms. The zero-order chi connectivity index (χ0) is 27.9. The number of nitrogens with zero attached hydrogens (tertiary/aromatic N) is 1. The molecule has 0 aliphatic carbocycles. The summed E-state index contributed by atoms with van der Waals surface area (Å²) in [6.45, 7) is 5.87. The van der Waals surface area contributed by atoms with E-state index >= 15 is 0 Å². The fourth-order valence-electron chi connectivity index (χ4n) is 4.66. The number of hydrogen-bond acceptors (Lipinski definition) is 4. The molecule has 0 amide bonds. The van der Waals surface area contributed by atoms with Crippen LogP contribution in [0.3, 0.4) is 0 Å². The van der Waals surface area contributed by atoms with Crippen molar-refractivity contribution in [3.8, 4) is 0 Å². The molecule has 0 saturated carbocycles. The Bertz CT molecular complexity index is 544. The zero-order valence-electron chi connectivity index (χ0n) is 26.0. The fraction of sp³-hybridized carbons (Fsp3) is 0.857.